The summed E-state index contributed by atoms with van der Waals surface area (Å²) < 4.78 is 0. The fraction of sp³-hybridized carbons (Fsp3) is 1.00. The van der Waals surface area contributed by atoms with Crippen LogP contribution in [0.25, 0.3) is 0 Å². The number of hydrogen-bond donors (Lipinski definition) is 1. The van der Waals surface area contributed by atoms with E-state index >= 15 is 0 Å². The normalized spacial score (nSPS) is 32.0. The first kappa shape index (κ1) is 11.4. The summed E-state index contributed by atoms with van der Waals surface area (Å²) in [6.45, 7) is 5.14. The fourth-order valence-electron chi connectivity index (χ4n) is 3.16. The number of aliphatic hydroxyl groups is 1. The van der Waals surface area contributed by atoms with Gasteiger partial charge in [-0.2, -0.15) is 0 Å². The highest BCUT2D eigenvalue weighted by molar-refractivity contribution is 4.85. The molecular formula is C12H24N2O. The molecule has 88 valence electrons. The first-order valence-electron chi connectivity index (χ1n) is 6.34. The Morgan fingerprint density at radius 3 is 2.53 bits per heavy atom. The van der Waals surface area contributed by atoms with Crippen LogP contribution in [-0.4, -0.2) is 60.8 Å². The Kier molecular flexibility index (Phi) is 4.00. The molecule has 2 rings (SSSR count). The van der Waals surface area contributed by atoms with Gasteiger partial charge in [0.2, 0.25) is 0 Å². The highest BCUT2D eigenvalue weighted by atomic mass is 16.3. The van der Waals surface area contributed by atoms with Crippen LogP contribution >= 0.6 is 0 Å². The Morgan fingerprint density at radius 1 is 1.20 bits per heavy atom. The van der Waals surface area contributed by atoms with Crippen molar-refractivity contribution < 1.29 is 5.11 Å². The molecule has 2 heterocycles. The molecule has 1 N–H and O–H groups in total. The largest absolute Gasteiger partial charge is 0.395 e. The summed E-state index contributed by atoms with van der Waals surface area (Å²) in [4.78, 5) is 4.91. The molecule has 2 aliphatic heterocycles. The molecule has 2 unspecified atom stereocenters. The third-order valence-electron chi connectivity index (χ3n) is 4.00. The quantitative estimate of drug-likeness (QED) is 0.749. The SMILES string of the molecule is CN1CCCC(C(CO)N2CCCC2)C1. The van der Waals surface area contributed by atoms with Crippen LogP contribution in [-0.2, 0) is 0 Å². The molecule has 0 radical (unpaired) electrons. The topological polar surface area (TPSA) is 26.7 Å². The van der Waals surface area contributed by atoms with Gasteiger partial charge in [0.15, 0.2) is 0 Å². The number of likely N-dealkylation sites (tertiary alicyclic amines) is 2. The Hall–Kier alpha value is -0.120. The van der Waals surface area contributed by atoms with Crippen LogP contribution in [0.5, 0.6) is 0 Å². The number of hydrogen-bond acceptors (Lipinski definition) is 3. The van der Waals surface area contributed by atoms with Crippen molar-refractivity contribution in [3.63, 3.8) is 0 Å². The van der Waals surface area contributed by atoms with E-state index in [1.807, 2.05) is 0 Å². The maximum Gasteiger partial charge on any atom is 0.0590 e. The average molecular weight is 212 g/mol. The second-order valence-corrected chi connectivity index (χ2v) is 5.16. The van der Waals surface area contributed by atoms with Gasteiger partial charge in [-0.05, 0) is 58.3 Å². The zero-order valence-corrected chi connectivity index (χ0v) is 9.86. The fourth-order valence-corrected chi connectivity index (χ4v) is 3.16. The second kappa shape index (κ2) is 5.28. The van der Waals surface area contributed by atoms with Gasteiger partial charge in [0.1, 0.15) is 0 Å². The van der Waals surface area contributed by atoms with Crippen LogP contribution in [0.15, 0.2) is 0 Å². The summed E-state index contributed by atoms with van der Waals surface area (Å²) >= 11 is 0. The van der Waals surface area contributed by atoms with Gasteiger partial charge >= 0.3 is 0 Å². The number of piperidine rings is 1. The number of nitrogens with zero attached hydrogens (tertiary/aromatic N) is 2. The maximum atomic E-state index is 9.56. The van der Waals surface area contributed by atoms with Gasteiger partial charge in [-0.1, -0.05) is 0 Å². The summed E-state index contributed by atoms with van der Waals surface area (Å²) in [6.07, 6.45) is 5.23. The minimum atomic E-state index is 0.346. The van der Waals surface area contributed by atoms with Crippen LogP contribution in [0.1, 0.15) is 25.7 Å². The molecule has 15 heavy (non-hydrogen) atoms. The maximum absolute atomic E-state index is 9.56. The molecular weight excluding hydrogens is 188 g/mol. The minimum absolute atomic E-state index is 0.346. The van der Waals surface area contributed by atoms with Crippen LogP contribution < -0.4 is 0 Å². The van der Waals surface area contributed by atoms with Gasteiger partial charge in [-0.15, -0.1) is 0 Å². The van der Waals surface area contributed by atoms with Crippen LogP contribution in [0.4, 0.5) is 0 Å². The van der Waals surface area contributed by atoms with Gasteiger partial charge < -0.3 is 10.0 Å². The minimum Gasteiger partial charge on any atom is -0.395 e. The second-order valence-electron chi connectivity index (χ2n) is 5.16. The van der Waals surface area contributed by atoms with Gasteiger partial charge in [0.25, 0.3) is 0 Å². The van der Waals surface area contributed by atoms with Gasteiger partial charge in [-0.3, -0.25) is 4.90 Å². The lowest BCUT2D eigenvalue weighted by Gasteiger charge is -2.38. The molecule has 2 aliphatic rings. The summed E-state index contributed by atoms with van der Waals surface area (Å²) in [5, 5.41) is 9.56. The van der Waals surface area contributed by atoms with Crippen LogP contribution in [0, 0.1) is 5.92 Å². The van der Waals surface area contributed by atoms with E-state index in [0.717, 1.165) is 0 Å². The van der Waals surface area contributed by atoms with Crippen LogP contribution in [0.2, 0.25) is 0 Å². The van der Waals surface area contributed by atoms with Crippen molar-refractivity contribution in [3.8, 4) is 0 Å². The van der Waals surface area contributed by atoms with Crippen molar-refractivity contribution in [2.24, 2.45) is 5.92 Å². The van der Waals surface area contributed by atoms with E-state index in [0.29, 0.717) is 18.6 Å². The predicted octanol–water partition coefficient (Wildman–Crippen LogP) is 0.785. The van der Waals surface area contributed by atoms with Crippen molar-refractivity contribution in [1.82, 2.24) is 9.80 Å². The Balaban J connectivity index is 1.92. The highest BCUT2D eigenvalue weighted by Gasteiger charge is 2.30. The van der Waals surface area contributed by atoms with Crippen molar-refractivity contribution in [1.29, 1.82) is 0 Å². The van der Waals surface area contributed by atoms with Crippen LogP contribution in [0.3, 0.4) is 0 Å². The molecule has 2 fully saturated rings. The monoisotopic (exact) mass is 212 g/mol. The predicted molar refractivity (Wildman–Crippen MR) is 61.9 cm³/mol. The lowest BCUT2D eigenvalue weighted by molar-refractivity contribution is 0.0615. The van der Waals surface area contributed by atoms with E-state index in [1.165, 1.54) is 51.9 Å². The lowest BCUT2D eigenvalue weighted by atomic mass is 9.90. The average Bonchev–Trinajstić information content (AvgIpc) is 2.72. The first-order valence-corrected chi connectivity index (χ1v) is 6.34. The molecule has 3 heteroatoms. The summed E-state index contributed by atoms with van der Waals surface area (Å²) in [7, 11) is 2.20. The van der Waals surface area contributed by atoms with Crippen molar-refractivity contribution in [3.05, 3.63) is 0 Å². The molecule has 2 atom stereocenters. The van der Waals surface area contributed by atoms with E-state index in [9.17, 15) is 5.11 Å². The van der Waals surface area contributed by atoms with E-state index in [4.69, 9.17) is 0 Å². The van der Waals surface area contributed by atoms with Crippen molar-refractivity contribution in [2.75, 3.05) is 39.8 Å². The van der Waals surface area contributed by atoms with Gasteiger partial charge in [0.05, 0.1) is 6.61 Å². The van der Waals surface area contributed by atoms with Gasteiger partial charge in [0, 0.05) is 12.6 Å². The highest BCUT2D eigenvalue weighted by Crippen LogP contribution is 2.24. The third kappa shape index (κ3) is 2.71. The molecule has 0 bridgehead atoms. The zero-order chi connectivity index (χ0) is 10.7. The van der Waals surface area contributed by atoms with Crippen molar-refractivity contribution >= 4 is 0 Å². The van der Waals surface area contributed by atoms with E-state index in [1.54, 1.807) is 0 Å². The first-order chi connectivity index (χ1) is 7.31. The molecule has 0 aliphatic carbocycles. The molecule has 0 saturated carbocycles. The lowest BCUT2D eigenvalue weighted by Crippen LogP contribution is -2.47. The third-order valence-corrected chi connectivity index (χ3v) is 4.00. The molecule has 2 saturated heterocycles. The van der Waals surface area contributed by atoms with Gasteiger partial charge in [-0.25, -0.2) is 0 Å². The number of aliphatic hydroxyl groups excluding tert-OH is 1. The summed E-state index contributed by atoms with van der Waals surface area (Å²) in [5.74, 6) is 0.687. The smallest absolute Gasteiger partial charge is 0.0590 e. The summed E-state index contributed by atoms with van der Waals surface area (Å²) in [6, 6.07) is 0.426. The van der Waals surface area contributed by atoms with E-state index in [2.05, 4.69) is 16.8 Å². The Morgan fingerprint density at radius 2 is 1.93 bits per heavy atom. The van der Waals surface area contributed by atoms with Crippen molar-refractivity contribution in [2.45, 2.75) is 31.7 Å². The zero-order valence-electron chi connectivity index (χ0n) is 9.86. The molecule has 0 amide bonds. The molecule has 3 nitrogen and oxygen atoms in total. The summed E-state index contributed by atoms with van der Waals surface area (Å²) in [5.41, 5.74) is 0. The Labute approximate surface area is 93.1 Å². The van der Waals surface area contributed by atoms with E-state index < -0.39 is 0 Å². The molecule has 0 spiro atoms. The standard InChI is InChI=1S/C12H24N2O/c1-13-6-4-5-11(9-13)12(10-15)14-7-2-3-8-14/h11-12,15H,2-10H2,1H3. The number of rotatable bonds is 3. The molecule has 0 aromatic carbocycles. The van der Waals surface area contributed by atoms with E-state index in [-0.39, 0.29) is 0 Å². The molecule has 0 aromatic heterocycles. The Bertz CT molecular complexity index is 192. The molecule has 0 aromatic rings.